The van der Waals surface area contributed by atoms with Gasteiger partial charge in [0.05, 0.1) is 6.61 Å². The highest BCUT2D eigenvalue weighted by Crippen LogP contribution is 2.39. The number of rotatable bonds is 6. The molecule has 0 fully saturated rings. The van der Waals surface area contributed by atoms with Crippen molar-refractivity contribution >= 4 is 17.7 Å². The molecular weight excluding hydrogens is 344 g/mol. The van der Waals surface area contributed by atoms with Gasteiger partial charge in [-0.2, -0.15) is 5.26 Å². The van der Waals surface area contributed by atoms with Crippen LogP contribution in [0.3, 0.4) is 0 Å². The van der Waals surface area contributed by atoms with Gasteiger partial charge in [0.1, 0.15) is 17.4 Å². The van der Waals surface area contributed by atoms with Crippen LogP contribution in [0.2, 0.25) is 0 Å². The van der Waals surface area contributed by atoms with Crippen LogP contribution in [0.4, 0.5) is 5.69 Å². The van der Waals surface area contributed by atoms with E-state index in [1.165, 1.54) is 6.08 Å². The molecule has 27 heavy (non-hydrogen) atoms. The van der Waals surface area contributed by atoms with Gasteiger partial charge in [0.2, 0.25) is 6.79 Å². The van der Waals surface area contributed by atoms with E-state index < -0.39 is 5.91 Å². The van der Waals surface area contributed by atoms with E-state index in [0.717, 1.165) is 12.0 Å². The molecule has 0 aliphatic carbocycles. The van der Waals surface area contributed by atoms with Crippen molar-refractivity contribution in [2.24, 2.45) is 0 Å². The zero-order valence-electron chi connectivity index (χ0n) is 15.2. The minimum absolute atomic E-state index is 0.0271. The number of carbonyl (C=O) groups is 1. The topological polar surface area (TPSA) is 80.6 Å². The Morgan fingerprint density at radius 3 is 2.70 bits per heavy atom. The second kappa shape index (κ2) is 8.28. The Kier molecular flexibility index (Phi) is 5.62. The molecule has 6 heteroatoms. The van der Waals surface area contributed by atoms with Gasteiger partial charge in [0.25, 0.3) is 5.91 Å². The molecule has 1 aliphatic rings. The predicted octanol–water partition coefficient (Wildman–Crippen LogP) is 3.92. The van der Waals surface area contributed by atoms with Crippen LogP contribution in [0, 0.1) is 11.3 Å². The van der Waals surface area contributed by atoms with E-state index in [2.05, 4.69) is 5.32 Å². The summed E-state index contributed by atoms with van der Waals surface area (Å²) in [4.78, 5) is 12.6. The highest BCUT2D eigenvalue weighted by atomic mass is 16.7. The number of nitriles is 1. The maximum Gasteiger partial charge on any atom is 0.266 e. The maximum atomic E-state index is 12.6. The van der Waals surface area contributed by atoms with Crippen LogP contribution in [-0.4, -0.2) is 19.3 Å². The standard InChI is InChI=1S/C21H20N2O4/c1-3-14-7-5-6-8-17(14)23-21(24)16(12-22)9-15-10-19-20(27-13-26-19)11-18(15)25-4-2/h5-11H,3-4,13H2,1-2H3,(H,23,24)/b16-9+. The highest BCUT2D eigenvalue weighted by molar-refractivity contribution is 6.10. The second-order valence-corrected chi connectivity index (χ2v) is 5.81. The van der Waals surface area contributed by atoms with Crippen LogP contribution in [0.1, 0.15) is 25.0 Å². The van der Waals surface area contributed by atoms with Crippen molar-refractivity contribution < 1.29 is 19.0 Å². The van der Waals surface area contributed by atoms with Gasteiger partial charge in [-0.3, -0.25) is 4.79 Å². The normalized spacial score (nSPS) is 12.4. The summed E-state index contributed by atoms with van der Waals surface area (Å²) in [6.07, 6.45) is 2.27. The molecule has 6 nitrogen and oxygen atoms in total. The largest absolute Gasteiger partial charge is 0.493 e. The van der Waals surface area contributed by atoms with Gasteiger partial charge in [-0.25, -0.2) is 0 Å². The lowest BCUT2D eigenvalue weighted by Crippen LogP contribution is -2.14. The number of hydrogen-bond acceptors (Lipinski definition) is 5. The third-order valence-electron chi connectivity index (χ3n) is 4.12. The number of amides is 1. The highest BCUT2D eigenvalue weighted by Gasteiger charge is 2.19. The van der Waals surface area contributed by atoms with Gasteiger partial charge in [-0.05, 0) is 37.1 Å². The second-order valence-electron chi connectivity index (χ2n) is 5.81. The number of para-hydroxylation sites is 1. The lowest BCUT2D eigenvalue weighted by molar-refractivity contribution is -0.112. The van der Waals surface area contributed by atoms with Crippen molar-refractivity contribution in [3.8, 4) is 23.3 Å². The molecule has 3 rings (SSSR count). The average molecular weight is 364 g/mol. The average Bonchev–Trinajstić information content (AvgIpc) is 3.13. The van der Waals surface area contributed by atoms with Crippen molar-refractivity contribution in [1.29, 1.82) is 5.26 Å². The minimum Gasteiger partial charge on any atom is -0.493 e. The Hall–Kier alpha value is -3.46. The van der Waals surface area contributed by atoms with Crippen molar-refractivity contribution in [2.75, 3.05) is 18.7 Å². The Morgan fingerprint density at radius 1 is 1.26 bits per heavy atom. The summed E-state index contributed by atoms with van der Waals surface area (Å²) >= 11 is 0. The van der Waals surface area contributed by atoms with Crippen LogP contribution in [-0.2, 0) is 11.2 Å². The number of nitrogens with zero attached hydrogens (tertiary/aromatic N) is 1. The first kappa shape index (κ1) is 18.3. The number of hydrogen-bond donors (Lipinski definition) is 1. The van der Waals surface area contributed by atoms with E-state index in [0.29, 0.717) is 35.1 Å². The van der Waals surface area contributed by atoms with Crippen LogP contribution in [0.5, 0.6) is 17.2 Å². The molecule has 138 valence electrons. The summed E-state index contributed by atoms with van der Waals surface area (Å²) in [5.74, 6) is 1.18. The van der Waals surface area contributed by atoms with E-state index >= 15 is 0 Å². The molecule has 1 aliphatic heterocycles. The molecule has 0 saturated carbocycles. The number of ether oxygens (including phenoxy) is 3. The Labute approximate surface area is 158 Å². The summed E-state index contributed by atoms with van der Waals surface area (Å²) in [6, 6.07) is 12.9. The fourth-order valence-electron chi connectivity index (χ4n) is 2.78. The molecular formula is C21H20N2O4. The molecule has 2 aromatic rings. The van der Waals surface area contributed by atoms with Crippen LogP contribution in [0.15, 0.2) is 42.0 Å². The lowest BCUT2D eigenvalue weighted by atomic mass is 10.1. The number of anilines is 1. The first-order valence-electron chi connectivity index (χ1n) is 8.73. The molecule has 0 radical (unpaired) electrons. The zero-order chi connectivity index (χ0) is 19.2. The SMILES string of the molecule is CCOc1cc2c(cc1/C=C(\C#N)C(=O)Nc1ccccc1CC)OCO2. The molecule has 0 aromatic heterocycles. The Morgan fingerprint density at radius 2 is 2.00 bits per heavy atom. The van der Waals surface area contributed by atoms with Crippen LogP contribution in [0.25, 0.3) is 6.08 Å². The number of carbonyl (C=O) groups excluding carboxylic acids is 1. The van der Waals surface area contributed by atoms with E-state index in [9.17, 15) is 10.1 Å². The van der Waals surface area contributed by atoms with E-state index in [1.54, 1.807) is 12.1 Å². The molecule has 2 aromatic carbocycles. The number of benzene rings is 2. The third kappa shape index (κ3) is 4.04. The minimum atomic E-state index is -0.474. The monoisotopic (exact) mass is 364 g/mol. The van der Waals surface area contributed by atoms with Crippen LogP contribution >= 0.6 is 0 Å². The molecule has 0 atom stereocenters. The molecule has 1 amide bonds. The van der Waals surface area contributed by atoms with Crippen molar-refractivity contribution in [3.05, 3.63) is 53.1 Å². The predicted molar refractivity (Wildman–Crippen MR) is 102 cm³/mol. The Bertz CT molecular complexity index is 928. The summed E-state index contributed by atoms with van der Waals surface area (Å²) in [6.45, 7) is 4.44. The molecule has 0 spiro atoms. The van der Waals surface area contributed by atoms with Gasteiger partial charge >= 0.3 is 0 Å². The number of fused-ring (bicyclic) bond motifs is 1. The van der Waals surface area contributed by atoms with Crippen molar-refractivity contribution in [3.63, 3.8) is 0 Å². The summed E-state index contributed by atoms with van der Waals surface area (Å²) in [7, 11) is 0. The van der Waals surface area contributed by atoms with E-state index in [1.807, 2.05) is 44.2 Å². The molecule has 0 saturated heterocycles. The fraction of sp³-hybridized carbons (Fsp3) is 0.238. The first-order valence-corrected chi connectivity index (χ1v) is 8.73. The van der Waals surface area contributed by atoms with E-state index in [-0.39, 0.29) is 12.4 Å². The fourth-order valence-corrected chi connectivity index (χ4v) is 2.78. The van der Waals surface area contributed by atoms with Crippen molar-refractivity contribution in [1.82, 2.24) is 0 Å². The maximum absolute atomic E-state index is 12.6. The number of nitrogens with one attached hydrogen (secondary N) is 1. The summed E-state index contributed by atoms with van der Waals surface area (Å²) in [5.41, 5.74) is 2.25. The van der Waals surface area contributed by atoms with Gasteiger partial charge in [0, 0.05) is 17.3 Å². The van der Waals surface area contributed by atoms with Crippen LogP contribution < -0.4 is 19.5 Å². The molecule has 0 unspecified atom stereocenters. The van der Waals surface area contributed by atoms with Gasteiger partial charge in [-0.15, -0.1) is 0 Å². The molecule has 1 N–H and O–H groups in total. The molecule has 1 heterocycles. The number of aryl methyl sites for hydroxylation is 1. The molecule has 0 bridgehead atoms. The zero-order valence-corrected chi connectivity index (χ0v) is 15.2. The van der Waals surface area contributed by atoms with Gasteiger partial charge < -0.3 is 19.5 Å². The van der Waals surface area contributed by atoms with Gasteiger partial charge in [-0.1, -0.05) is 25.1 Å². The quantitative estimate of drug-likeness (QED) is 0.621. The summed E-state index contributed by atoms with van der Waals surface area (Å²) < 4.78 is 16.4. The Balaban J connectivity index is 1.92. The third-order valence-corrected chi connectivity index (χ3v) is 4.12. The summed E-state index contributed by atoms with van der Waals surface area (Å²) in [5, 5.41) is 12.3. The van der Waals surface area contributed by atoms with Crippen molar-refractivity contribution in [2.45, 2.75) is 20.3 Å². The van der Waals surface area contributed by atoms with E-state index in [4.69, 9.17) is 14.2 Å². The lowest BCUT2D eigenvalue weighted by Gasteiger charge is -2.11. The smallest absolute Gasteiger partial charge is 0.266 e. The van der Waals surface area contributed by atoms with Gasteiger partial charge in [0.15, 0.2) is 11.5 Å². The first-order chi connectivity index (χ1) is 13.2.